The van der Waals surface area contributed by atoms with Crippen LogP contribution in [0, 0.1) is 0 Å². The van der Waals surface area contributed by atoms with Crippen molar-refractivity contribution in [3.8, 4) is 0 Å². The van der Waals surface area contributed by atoms with Gasteiger partial charge in [0.15, 0.2) is 0 Å². The molecule has 5 nitrogen and oxygen atoms in total. The minimum absolute atomic E-state index is 0.130. The fourth-order valence-corrected chi connectivity index (χ4v) is 2.16. The molecule has 0 spiro atoms. The van der Waals surface area contributed by atoms with Crippen LogP contribution in [0.25, 0.3) is 0 Å². The molecule has 0 bridgehead atoms. The highest BCUT2D eigenvalue weighted by molar-refractivity contribution is 5.54. The number of aromatic nitrogens is 1. The molecule has 0 aliphatic carbocycles. The van der Waals surface area contributed by atoms with E-state index >= 15 is 0 Å². The summed E-state index contributed by atoms with van der Waals surface area (Å²) in [6.45, 7) is 6.06. The number of hydrogen-bond acceptors (Lipinski definition) is 5. The lowest BCUT2D eigenvalue weighted by atomic mass is 9.97. The molecule has 1 fully saturated rings. The van der Waals surface area contributed by atoms with E-state index in [1.54, 1.807) is 12.4 Å². The maximum absolute atomic E-state index is 10.4. The van der Waals surface area contributed by atoms with Crippen molar-refractivity contribution in [3.63, 3.8) is 0 Å². The Hall–Kier alpha value is -1.33. The molecule has 2 unspecified atom stereocenters. The molecule has 5 heteroatoms. The number of pyridine rings is 1. The zero-order valence-corrected chi connectivity index (χ0v) is 11.6. The summed E-state index contributed by atoms with van der Waals surface area (Å²) in [4.78, 5) is 4.19. The van der Waals surface area contributed by atoms with Gasteiger partial charge in [-0.25, -0.2) is 0 Å². The first-order chi connectivity index (χ1) is 9.14. The maximum atomic E-state index is 10.4. The van der Waals surface area contributed by atoms with Crippen LogP contribution in [0.2, 0.25) is 0 Å². The monoisotopic (exact) mass is 265 g/mol. The van der Waals surface area contributed by atoms with Gasteiger partial charge in [-0.05, 0) is 19.4 Å². The number of aliphatic hydroxyl groups is 1. The molecule has 1 aliphatic rings. The van der Waals surface area contributed by atoms with E-state index in [4.69, 9.17) is 4.74 Å². The van der Waals surface area contributed by atoms with Gasteiger partial charge in [0.05, 0.1) is 29.9 Å². The van der Waals surface area contributed by atoms with E-state index in [1.165, 1.54) is 0 Å². The second-order valence-corrected chi connectivity index (χ2v) is 5.11. The molecule has 2 rings (SSSR count). The van der Waals surface area contributed by atoms with Crippen LogP contribution in [0.3, 0.4) is 0 Å². The number of nitrogens with zero attached hydrogens (tertiary/aromatic N) is 1. The summed E-state index contributed by atoms with van der Waals surface area (Å²) in [5.74, 6) is 0. The van der Waals surface area contributed by atoms with E-state index in [0.29, 0.717) is 19.6 Å². The van der Waals surface area contributed by atoms with Gasteiger partial charge in [-0.1, -0.05) is 6.92 Å². The fourth-order valence-electron chi connectivity index (χ4n) is 2.16. The van der Waals surface area contributed by atoms with Gasteiger partial charge in [-0.3, -0.25) is 4.98 Å². The molecule has 0 saturated carbocycles. The largest absolute Gasteiger partial charge is 0.385 e. The Balaban J connectivity index is 1.92. The summed E-state index contributed by atoms with van der Waals surface area (Å²) in [6.07, 6.45) is 5.18. The summed E-state index contributed by atoms with van der Waals surface area (Å²) in [5.41, 5.74) is 1.12. The maximum Gasteiger partial charge on any atom is 0.110 e. The van der Waals surface area contributed by atoms with E-state index in [1.807, 2.05) is 13.0 Å². The normalized spacial score (nSPS) is 26.4. The van der Waals surface area contributed by atoms with Gasteiger partial charge in [0.1, 0.15) is 5.60 Å². The van der Waals surface area contributed by atoms with Crippen molar-refractivity contribution in [1.29, 1.82) is 0 Å². The van der Waals surface area contributed by atoms with Gasteiger partial charge in [0.25, 0.3) is 0 Å². The number of ether oxygens (including phenoxy) is 1. The van der Waals surface area contributed by atoms with Crippen molar-refractivity contribution < 1.29 is 9.84 Å². The van der Waals surface area contributed by atoms with Crippen LogP contribution in [-0.4, -0.2) is 41.5 Å². The molecule has 0 amide bonds. The lowest BCUT2D eigenvalue weighted by Gasteiger charge is -2.26. The van der Waals surface area contributed by atoms with Crippen LogP contribution < -0.4 is 10.6 Å². The topological polar surface area (TPSA) is 66.4 Å². The zero-order chi connectivity index (χ0) is 13.7. The van der Waals surface area contributed by atoms with Gasteiger partial charge < -0.3 is 20.5 Å². The molecule has 1 saturated heterocycles. The Morgan fingerprint density at radius 3 is 2.79 bits per heavy atom. The highest BCUT2D eigenvalue weighted by Crippen LogP contribution is 2.26. The van der Waals surface area contributed by atoms with Crippen LogP contribution in [0.5, 0.6) is 0 Å². The van der Waals surface area contributed by atoms with Crippen LogP contribution in [0.4, 0.5) is 11.4 Å². The van der Waals surface area contributed by atoms with Crippen LogP contribution >= 0.6 is 0 Å². The number of nitrogens with one attached hydrogen (secondary N) is 2. The molecule has 0 radical (unpaired) electrons. The predicted octanol–water partition coefficient (Wildman–Crippen LogP) is 1.86. The molecule has 1 aromatic heterocycles. The fraction of sp³-hybridized carbons (Fsp3) is 0.643. The second-order valence-electron chi connectivity index (χ2n) is 5.11. The van der Waals surface area contributed by atoms with Crippen LogP contribution in [0.15, 0.2) is 18.5 Å². The van der Waals surface area contributed by atoms with E-state index in [0.717, 1.165) is 24.3 Å². The van der Waals surface area contributed by atoms with E-state index in [9.17, 15) is 5.11 Å². The van der Waals surface area contributed by atoms with Crippen molar-refractivity contribution in [2.24, 2.45) is 0 Å². The third-order valence-corrected chi connectivity index (χ3v) is 3.58. The first-order valence-corrected chi connectivity index (χ1v) is 6.91. The third-order valence-electron chi connectivity index (χ3n) is 3.58. The van der Waals surface area contributed by atoms with Crippen molar-refractivity contribution in [2.45, 2.75) is 38.4 Å². The van der Waals surface area contributed by atoms with Crippen molar-refractivity contribution in [2.75, 3.05) is 30.3 Å². The quantitative estimate of drug-likeness (QED) is 0.732. The molecular formula is C14H23N3O2. The second kappa shape index (κ2) is 6.21. The van der Waals surface area contributed by atoms with Crippen molar-refractivity contribution in [3.05, 3.63) is 18.5 Å². The Morgan fingerprint density at radius 2 is 2.16 bits per heavy atom. The smallest absolute Gasteiger partial charge is 0.110 e. The highest BCUT2D eigenvalue weighted by atomic mass is 16.5. The van der Waals surface area contributed by atoms with E-state index in [2.05, 4.69) is 22.5 Å². The van der Waals surface area contributed by atoms with Crippen LogP contribution in [-0.2, 0) is 4.74 Å². The third kappa shape index (κ3) is 3.58. The van der Waals surface area contributed by atoms with Crippen LogP contribution in [0.1, 0.15) is 26.7 Å². The molecule has 3 N–H and O–H groups in total. The molecule has 0 aromatic carbocycles. The molecule has 1 aliphatic heterocycles. The van der Waals surface area contributed by atoms with Gasteiger partial charge in [0.2, 0.25) is 0 Å². The lowest BCUT2D eigenvalue weighted by Crippen LogP contribution is -2.43. The molecule has 2 heterocycles. The van der Waals surface area contributed by atoms with Gasteiger partial charge in [-0.15, -0.1) is 0 Å². The summed E-state index contributed by atoms with van der Waals surface area (Å²) < 4.78 is 5.42. The van der Waals surface area contributed by atoms with Crippen molar-refractivity contribution >= 4 is 11.4 Å². The highest BCUT2D eigenvalue weighted by Gasteiger charge is 2.39. The Bertz CT molecular complexity index is 413. The summed E-state index contributed by atoms with van der Waals surface area (Å²) in [6, 6.07) is 2.01. The summed E-state index contributed by atoms with van der Waals surface area (Å²) in [5, 5.41) is 16.9. The molecular weight excluding hydrogens is 242 g/mol. The first kappa shape index (κ1) is 14.1. The average molecular weight is 265 g/mol. The number of anilines is 2. The molecule has 1 aromatic rings. The summed E-state index contributed by atoms with van der Waals surface area (Å²) in [7, 11) is 0. The Kier molecular flexibility index (Phi) is 4.61. The SMILES string of the molecule is CCCNc1cncc(NCC2(O)CCOC2C)c1. The average Bonchev–Trinajstić information content (AvgIpc) is 2.75. The van der Waals surface area contributed by atoms with E-state index in [-0.39, 0.29) is 6.10 Å². The number of rotatable bonds is 6. The number of hydrogen-bond donors (Lipinski definition) is 3. The lowest BCUT2D eigenvalue weighted by molar-refractivity contribution is -0.0175. The first-order valence-electron chi connectivity index (χ1n) is 6.91. The van der Waals surface area contributed by atoms with Gasteiger partial charge in [0, 0.05) is 26.1 Å². The van der Waals surface area contributed by atoms with E-state index < -0.39 is 5.60 Å². The molecule has 19 heavy (non-hydrogen) atoms. The Labute approximate surface area is 114 Å². The summed E-state index contributed by atoms with van der Waals surface area (Å²) >= 11 is 0. The predicted molar refractivity (Wildman–Crippen MR) is 76.5 cm³/mol. The van der Waals surface area contributed by atoms with Crippen molar-refractivity contribution in [1.82, 2.24) is 4.98 Å². The zero-order valence-electron chi connectivity index (χ0n) is 11.6. The molecule has 2 atom stereocenters. The minimum Gasteiger partial charge on any atom is -0.385 e. The standard InChI is InChI=1S/C14H23N3O2/c1-3-5-16-12-7-13(9-15-8-12)17-10-14(18)4-6-19-11(14)2/h7-9,11,16-18H,3-6,10H2,1-2H3. The Morgan fingerprint density at radius 1 is 1.42 bits per heavy atom. The minimum atomic E-state index is -0.785. The van der Waals surface area contributed by atoms with Gasteiger partial charge in [-0.2, -0.15) is 0 Å². The molecule has 106 valence electrons. The van der Waals surface area contributed by atoms with Gasteiger partial charge >= 0.3 is 0 Å².